The molecule has 0 fully saturated rings. The third-order valence-electron chi connectivity index (χ3n) is 3.89. The quantitative estimate of drug-likeness (QED) is 0.637. The topological polar surface area (TPSA) is 58.4 Å². The van der Waals surface area contributed by atoms with Gasteiger partial charge in [0.05, 0.1) is 0 Å². The van der Waals surface area contributed by atoms with Gasteiger partial charge in [0.1, 0.15) is 0 Å². The molecule has 0 aliphatic rings. The monoisotopic (exact) mass is 351 g/mol. The van der Waals surface area contributed by atoms with E-state index in [4.69, 9.17) is 5.73 Å². The minimum Gasteiger partial charge on any atom is -0.350 e. The largest absolute Gasteiger partial charge is 0.350 e. The number of carbonyl (C=O) groups excluding carboxylic acids is 1. The first-order chi connectivity index (χ1) is 11.0. The van der Waals surface area contributed by atoms with Crippen molar-refractivity contribution in [1.29, 1.82) is 0 Å². The van der Waals surface area contributed by atoms with E-state index in [1.54, 1.807) is 0 Å². The summed E-state index contributed by atoms with van der Waals surface area (Å²) in [6.45, 7) is 14.6. The Morgan fingerprint density at radius 1 is 1.21 bits per heavy atom. The lowest BCUT2D eigenvalue weighted by Gasteiger charge is -2.33. The lowest BCUT2D eigenvalue weighted by Crippen LogP contribution is -2.47. The molecule has 0 saturated heterocycles. The highest BCUT2D eigenvalue weighted by Gasteiger charge is 2.21. The third kappa shape index (κ3) is 6.87. The van der Waals surface area contributed by atoms with Gasteiger partial charge in [-0.2, -0.15) is 0 Å². The van der Waals surface area contributed by atoms with Crippen LogP contribution in [0.4, 0.5) is 0 Å². The minimum atomic E-state index is -0.0589. The summed E-state index contributed by atoms with van der Waals surface area (Å²) in [7, 11) is 0. The number of hydrogen-bond donors (Lipinski definition) is 2. The van der Waals surface area contributed by atoms with Crippen molar-refractivity contribution in [1.82, 2.24) is 10.2 Å². The molecule has 0 radical (unpaired) electrons. The van der Waals surface area contributed by atoms with Crippen LogP contribution >= 0.6 is 12.4 Å². The Hall–Kier alpha value is -1.62. The summed E-state index contributed by atoms with van der Waals surface area (Å²) in [6.07, 6.45) is 3.76. The summed E-state index contributed by atoms with van der Waals surface area (Å²) in [5, 5.41) is 3.03. The molecule has 1 unspecified atom stereocenters. The van der Waals surface area contributed by atoms with E-state index >= 15 is 0 Å². The molecule has 0 bridgehead atoms. The average molecular weight is 352 g/mol. The highest BCUT2D eigenvalue weighted by molar-refractivity contribution is 5.94. The number of halogens is 1. The summed E-state index contributed by atoms with van der Waals surface area (Å²) < 4.78 is 0. The molecule has 24 heavy (non-hydrogen) atoms. The molecule has 1 rings (SSSR count). The molecule has 0 aliphatic carbocycles. The van der Waals surface area contributed by atoms with Crippen LogP contribution in [0.3, 0.4) is 0 Å². The molecule has 0 saturated carbocycles. The third-order valence-corrected chi connectivity index (χ3v) is 3.89. The van der Waals surface area contributed by atoms with Gasteiger partial charge < -0.3 is 11.1 Å². The van der Waals surface area contributed by atoms with Gasteiger partial charge in [-0.15, -0.1) is 25.6 Å². The fourth-order valence-corrected chi connectivity index (χ4v) is 2.55. The number of rotatable bonds is 10. The number of amides is 1. The van der Waals surface area contributed by atoms with Gasteiger partial charge in [0.25, 0.3) is 5.91 Å². The van der Waals surface area contributed by atoms with E-state index < -0.39 is 0 Å². The number of hydrogen-bond acceptors (Lipinski definition) is 3. The van der Waals surface area contributed by atoms with Crippen LogP contribution in [0.15, 0.2) is 49.6 Å². The van der Waals surface area contributed by atoms with Crippen molar-refractivity contribution >= 4 is 18.3 Å². The van der Waals surface area contributed by atoms with Gasteiger partial charge in [0, 0.05) is 37.8 Å². The van der Waals surface area contributed by atoms with Crippen molar-refractivity contribution in [3.63, 3.8) is 0 Å². The predicted molar refractivity (Wildman–Crippen MR) is 105 cm³/mol. The molecule has 1 aromatic rings. The zero-order valence-electron chi connectivity index (χ0n) is 14.7. The van der Waals surface area contributed by atoms with Gasteiger partial charge in [-0.25, -0.2) is 0 Å². The number of nitrogens with two attached hydrogens (primary N) is 1. The Kier molecular flexibility index (Phi) is 11.0. The van der Waals surface area contributed by atoms with Crippen molar-refractivity contribution in [2.75, 3.05) is 19.6 Å². The maximum atomic E-state index is 12.3. The van der Waals surface area contributed by atoms with E-state index in [0.29, 0.717) is 24.6 Å². The predicted octanol–water partition coefficient (Wildman–Crippen LogP) is 3.00. The molecule has 0 aromatic heterocycles. The van der Waals surface area contributed by atoms with Gasteiger partial charge in [-0.1, -0.05) is 38.1 Å². The van der Waals surface area contributed by atoms with Gasteiger partial charge in [0.2, 0.25) is 0 Å². The van der Waals surface area contributed by atoms with Crippen molar-refractivity contribution in [2.45, 2.75) is 26.4 Å². The minimum absolute atomic E-state index is 0. The van der Waals surface area contributed by atoms with Gasteiger partial charge in [0.15, 0.2) is 0 Å². The molecule has 1 amide bonds. The number of nitrogens with one attached hydrogen (secondary N) is 1. The Balaban J connectivity index is 0.00000529. The van der Waals surface area contributed by atoms with Crippen LogP contribution in [0.2, 0.25) is 0 Å². The van der Waals surface area contributed by atoms with Crippen molar-refractivity contribution in [3.8, 4) is 0 Å². The molecule has 0 spiro atoms. The van der Waals surface area contributed by atoms with Crippen LogP contribution in [0.5, 0.6) is 0 Å². The van der Waals surface area contributed by atoms with Gasteiger partial charge in [-0.05, 0) is 23.6 Å². The first-order valence-electron chi connectivity index (χ1n) is 8.06. The fraction of sp³-hybridized carbons (Fsp3) is 0.421. The van der Waals surface area contributed by atoms with Crippen LogP contribution in [0.25, 0.3) is 0 Å². The van der Waals surface area contributed by atoms with Crippen molar-refractivity contribution in [3.05, 3.63) is 60.7 Å². The normalized spacial score (nSPS) is 11.7. The summed E-state index contributed by atoms with van der Waals surface area (Å²) in [6, 6.07) is 7.63. The van der Waals surface area contributed by atoms with Crippen molar-refractivity contribution < 1.29 is 4.79 Å². The van der Waals surface area contributed by atoms with Gasteiger partial charge in [-0.3, -0.25) is 9.69 Å². The number of nitrogens with zero attached hydrogens (tertiary/aromatic N) is 1. The van der Waals surface area contributed by atoms with Crippen LogP contribution in [0.1, 0.15) is 29.8 Å². The standard InChI is InChI=1S/C19H29N3O.ClH/c1-5-11-22(12-6-2)18(15(3)4)14-21-19(23)17-9-7-16(13-20)8-10-17;/h5-10,15,18H,1-2,11-14,20H2,3-4H3,(H,21,23);1H. The van der Waals surface area contributed by atoms with E-state index in [0.717, 1.165) is 18.7 Å². The van der Waals surface area contributed by atoms with Crippen LogP contribution in [0, 0.1) is 5.92 Å². The number of benzene rings is 1. The second-order valence-corrected chi connectivity index (χ2v) is 5.95. The first-order valence-corrected chi connectivity index (χ1v) is 8.06. The van der Waals surface area contributed by atoms with Crippen LogP contribution < -0.4 is 11.1 Å². The Bertz CT molecular complexity index is 504. The molecule has 1 aromatic carbocycles. The summed E-state index contributed by atoms with van der Waals surface area (Å²) >= 11 is 0. The van der Waals surface area contributed by atoms with E-state index in [-0.39, 0.29) is 24.4 Å². The average Bonchev–Trinajstić information content (AvgIpc) is 2.55. The molecule has 5 heteroatoms. The number of carbonyl (C=O) groups is 1. The van der Waals surface area contributed by atoms with Crippen LogP contribution in [-0.2, 0) is 6.54 Å². The van der Waals surface area contributed by atoms with Crippen LogP contribution in [-0.4, -0.2) is 36.5 Å². The molecule has 0 aliphatic heterocycles. The highest BCUT2D eigenvalue weighted by Crippen LogP contribution is 2.11. The molecule has 3 N–H and O–H groups in total. The van der Waals surface area contributed by atoms with E-state index in [9.17, 15) is 4.79 Å². The molecular weight excluding hydrogens is 322 g/mol. The van der Waals surface area contributed by atoms with E-state index in [2.05, 4.69) is 37.2 Å². The maximum absolute atomic E-state index is 12.3. The summed E-state index contributed by atoms with van der Waals surface area (Å²) in [4.78, 5) is 14.6. The van der Waals surface area contributed by atoms with Gasteiger partial charge >= 0.3 is 0 Å². The zero-order valence-corrected chi connectivity index (χ0v) is 15.5. The molecule has 134 valence electrons. The Morgan fingerprint density at radius 3 is 2.17 bits per heavy atom. The Labute approximate surface area is 152 Å². The molecule has 0 heterocycles. The molecule has 1 atom stereocenters. The lowest BCUT2D eigenvalue weighted by molar-refractivity contribution is 0.0927. The van der Waals surface area contributed by atoms with E-state index in [1.807, 2.05) is 36.4 Å². The first kappa shape index (κ1) is 22.4. The second-order valence-electron chi connectivity index (χ2n) is 5.95. The molecular formula is C19H30ClN3O. The highest BCUT2D eigenvalue weighted by atomic mass is 35.5. The van der Waals surface area contributed by atoms with E-state index in [1.165, 1.54) is 0 Å². The van der Waals surface area contributed by atoms with Crippen molar-refractivity contribution in [2.24, 2.45) is 11.7 Å². The summed E-state index contributed by atoms with van der Waals surface area (Å²) in [5.74, 6) is 0.353. The lowest BCUT2D eigenvalue weighted by atomic mass is 10.0. The maximum Gasteiger partial charge on any atom is 0.251 e. The summed E-state index contributed by atoms with van der Waals surface area (Å²) in [5.41, 5.74) is 7.25. The SMILES string of the molecule is C=CCN(CC=C)C(CNC(=O)c1ccc(CN)cc1)C(C)C.Cl. The Morgan fingerprint density at radius 2 is 1.75 bits per heavy atom. The fourth-order valence-electron chi connectivity index (χ4n) is 2.55. The zero-order chi connectivity index (χ0) is 17.2. The smallest absolute Gasteiger partial charge is 0.251 e. The molecule has 4 nitrogen and oxygen atoms in total. The second kappa shape index (κ2) is 11.8.